The van der Waals surface area contributed by atoms with Crippen LogP contribution in [0.5, 0.6) is 0 Å². The van der Waals surface area contributed by atoms with Gasteiger partial charge in [-0.1, -0.05) is 29.8 Å². The van der Waals surface area contributed by atoms with Gasteiger partial charge in [0.25, 0.3) is 10.0 Å². The number of benzene rings is 2. The van der Waals surface area contributed by atoms with Crippen LogP contribution in [0.4, 0.5) is 5.69 Å². The lowest BCUT2D eigenvalue weighted by molar-refractivity contribution is -0.119. The SMILES string of the molecule is CNC(=O)Cc1ccc(NS(=O)(=O)c2ccc(C)c(Cl)c2)cc1. The van der Waals surface area contributed by atoms with Gasteiger partial charge in [0.05, 0.1) is 11.3 Å². The molecule has 0 spiro atoms. The quantitative estimate of drug-likeness (QED) is 0.868. The van der Waals surface area contributed by atoms with E-state index in [1.165, 1.54) is 12.1 Å². The zero-order valence-electron chi connectivity index (χ0n) is 12.8. The van der Waals surface area contributed by atoms with E-state index in [4.69, 9.17) is 11.6 Å². The first kappa shape index (κ1) is 17.3. The molecular weight excluding hydrogens is 336 g/mol. The highest BCUT2D eigenvalue weighted by Crippen LogP contribution is 2.22. The first-order chi connectivity index (χ1) is 10.8. The standard InChI is InChI=1S/C16H17ClN2O3S/c1-11-3-8-14(10-15(11)17)23(21,22)19-13-6-4-12(5-7-13)9-16(20)18-2/h3-8,10,19H,9H2,1-2H3,(H,18,20). The van der Waals surface area contributed by atoms with Crippen molar-refractivity contribution in [3.05, 3.63) is 58.6 Å². The van der Waals surface area contributed by atoms with E-state index in [1.807, 2.05) is 0 Å². The molecule has 0 radical (unpaired) electrons. The molecule has 0 unspecified atom stereocenters. The molecule has 0 heterocycles. The summed E-state index contributed by atoms with van der Waals surface area (Å²) >= 11 is 5.98. The van der Waals surface area contributed by atoms with Crippen molar-refractivity contribution in [2.24, 2.45) is 0 Å². The van der Waals surface area contributed by atoms with E-state index in [-0.39, 0.29) is 17.2 Å². The Morgan fingerprint density at radius 2 is 1.78 bits per heavy atom. The van der Waals surface area contributed by atoms with Gasteiger partial charge >= 0.3 is 0 Å². The maximum absolute atomic E-state index is 12.3. The first-order valence-electron chi connectivity index (χ1n) is 6.90. The number of amides is 1. The Morgan fingerprint density at radius 3 is 2.35 bits per heavy atom. The molecule has 0 saturated heterocycles. The van der Waals surface area contributed by atoms with Gasteiger partial charge in [0.2, 0.25) is 5.91 Å². The minimum absolute atomic E-state index is 0.0996. The fraction of sp³-hybridized carbons (Fsp3) is 0.188. The number of sulfonamides is 1. The van der Waals surface area contributed by atoms with Crippen molar-refractivity contribution in [2.45, 2.75) is 18.2 Å². The minimum atomic E-state index is -3.71. The topological polar surface area (TPSA) is 75.3 Å². The second-order valence-corrected chi connectivity index (χ2v) is 7.15. The number of carbonyl (C=O) groups is 1. The zero-order valence-corrected chi connectivity index (χ0v) is 14.3. The van der Waals surface area contributed by atoms with E-state index < -0.39 is 10.0 Å². The van der Waals surface area contributed by atoms with Gasteiger partial charge in [-0.2, -0.15) is 0 Å². The molecule has 2 rings (SSSR count). The van der Waals surface area contributed by atoms with Crippen molar-refractivity contribution in [1.82, 2.24) is 5.32 Å². The number of nitrogens with one attached hydrogen (secondary N) is 2. The van der Waals surface area contributed by atoms with E-state index in [1.54, 1.807) is 44.3 Å². The molecule has 23 heavy (non-hydrogen) atoms. The van der Waals surface area contributed by atoms with E-state index in [9.17, 15) is 13.2 Å². The van der Waals surface area contributed by atoms with Gasteiger partial charge in [-0.15, -0.1) is 0 Å². The van der Waals surface area contributed by atoms with E-state index in [0.29, 0.717) is 10.7 Å². The van der Waals surface area contributed by atoms with Crippen molar-refractivity contribution in [2.75, 3.05) is 11.8 Å². The van der Waals surface area contributed by atoms with Gasteiger partial charge in [-0.3, -0.25) is 9.52 Å². The molecule has 2 N–H and O–H groups in total. The fourth-order valence-electron chi connectivity index (χ4n) is 1.92. The summed E-state index contributed by atoms with van der Waals surface area (Å²) in [6, 6.07) is 11.2. The van der Waals surface area contributed by atoms with Crippen LogP contribution in [0, 0.1) is 6.92 Å². The minimum Gasteiger partial charge on any atom is -0.359 e. The second-order valence-electron chi connectivity index (χ2n) is 5.06. The number of hydrogen-bond donors (Lipinski definition) is 2. The van der Waals surface area contributed by atoms with Crippen LogP contribution in [0.3, 0.4) is 0 Å². The lowest BCUT2D eigenvalue weighted by Crippen LogP contribution is -2.19. The van der Waals surface area contributed by atoms with Crippen LogP contribution in [-0.4, -0.2) is 21.4 Å². The second kappa shape index (κ2) is 7.02. The number of carbonyl (C=O) groups excluding carboxylic acids is 1. The van der Waals surface area contributed by atoms with Gasteiger partial charge in [0.15, 0.2) is 0 Å². The maximum Gasteiger partial charge on any atom is 0.261 e. The third-order valence-corrected chi connectivity index (χ3v) is 5.09. The monoisotopic (exact) mass is 352 g/mol. The molecule has 2 aromatic carbocycles. The smallest absolute Gasteiger partial charge is 0.261 e. The molecule has 0 aliphatic heterocycles. The maximum atomic E-state index is 12.3. The molecule has 0 atom stereocenters. The molecule has 122 valence electrons. The van der Waals surface area contributed by atoms with Crippen LogP contribution in [0.1, 0.15) is 11.1 Å². The molecule has 0 bridgehead atoms. The Labute approximate surface area is 140 Å². The highest BCUT2D eigenvalue weighted by molar-refractivity contribution is 7.92. The number of aryl methyl sites for hydroxylation is 1. The van der Waals surface area contributed by atoms with Crippen LogP contribution in [0.15, 0.2) is 47.4 Å². The Kier molecular flexibility index (Phi) is 5.28. The van der Waals surface area contributed by atoms with Crippen molar-refractivity contribution < 1.29 is 13.2 Å². The first-order valence-corrected chi connectivity index (χ1v) is 8.76. The van der Waals surface area contributed by atoms with Crippen molar-refractivity contribution in [3.8, 4) is 0 Å². The van der Waals surface area contributed by atoms with Crippen LogP contribution in [0.25, 0.3) is 0 Å². The van der Waals surface area contributed by atoms with Gasteiger partial charge in [-0.25, -0.2) is 8.42 Å². The highest BCUT2D eigenvalue weighted by atomic mass is 35.5. The number of likely N-dealkylation sites (N-methyl/N-ethyl adjacent to an activating group) is 1. The molecule has 0 aromatic heterocycles. The van der Waals surface area contributed by atoms with Crippen LogP contribution in [-0.2, 0) is 21.2 Å². The molecule has 5 nitrogen and oxygen atoms in total. The Morgan fingerprint density at radius 1 is 1.13 bits per heavy atom. The molecule has 2 aromatic rings. The van der Waals surface area contributed by atoms with Crippen molar-refractivity contribution in [3.63, 3.8) is 0 Å². The molecule has 0 aliphatic carbocycles. The summed E-state index contributed by atoms with van der Waals surface area (Å²) in [5.41, 5.74) is 2.03. The fourth-order valence-corrected chi connectivity index (χ4v) is 3.25. The van der Waals surface area contributed by atoms with Crippen LogP contribution in [0.2, 0.25) is 5.02 Å². The lowest BCUT2D eigenvalue weighted by atomic mass is 10.1. The van der Waals surface area contributed by atoms with E-state index in [0.717, 1.165) is 11.1 Å². The molecule has 0 fully saturated rings. The predicted molar refractivity (Wildman–Crippen MR) is 91.2 cm³/mol. The van der Waals surface area contributed by atoms with Crippen LogP contribution >= 0.6 is 11.6 Å². The zero-order chi connectivity index (χ0) is 17.0. The average molecular weight is 353 g/mol. The number of hydrogen-bond acceptors (Lipinski definition) is 3. The lowest BCUT2D eigenvalue weighted by Gasteiger charge is -2.10. The summed E-state index contributed by atoms with van der Waals surface area (Å²) in [4.78, 5) is 11.4. The summed E-state index contributed by atoms with van der Waals surface area (Å²) < 4.78 is 27.2. The number of halogens is 1. The summed E-state index contributed by atoms with van der Waals surface area (Å²) in [6.07, 6.45) is 0.247. The summed E-state index contributed by atoms with van der Waals surface area (Å²) in [6.45, 7) is 1.80. The van der Waals surface area contributed by atoms with E-state index in [2.05, 4.69) is 10.0 Å². The average Bonchev–Trinajstić information content (AvgIpc) is 2.51. The normalized spacial score (nSPS) is 11.1. The van der Waals surface area contributed by atoms with Crippen molar-refractivity contribution >= 4 is 33.2 Å². The van der Waals surface area contributed by atoms with Gasteiger partial charge in [-0.05, 0) is 42.3 Å². The van der Waals surface area contributed by atoms with Crippen LogP contribution < -0.4 is 10.0 Å². The Hall–Kier alpha value is -2.05. The Balaban J connectivity index is 2.17. The predicted octanol–water partition coefficient (Wildman–Crippen LogP) is 2.74. The molecular formula is C16H17ClN2O3S. The van der Waals surface area contributed by atoms with Gasteiger partial charge < -0.3 is 5.32 Å². The Bertz CT molecular complexity index is 818. The molecule has 7 heteroatoms. The number of anilines is 1. The van der Waals surface area contributed by atoms with E-state index >= 15 is 0 Å². The summed E-state index contributed by atoms with van der Waals surface area (Å²) in [7, 11) is -2.14. The molecule has 0 aliphatic rings. The third-order valence-electron chi connectivity index (χ3n) is 3.30. The number of rotatable bonds is 5. The summed E-state index contributed by atoms with van der Waals surface area (Å²) in [5, 5.41) is 2.93. The molecule has 0 saturated carbocycles. The highest BCUT2D eigenvalue weighted by Gasteiger charge is 2.15. The van der Waals surface area contributed by atoms with Gasteiger partial charge in [0, 0.05) is 17.8 Å². The van der Waals surface area contributed by atoms with Crippen molar-refractivity contribution in [1.29, 1.82) is 0 Å². The van der Waals surface area contributed by atoms with Gasteiger partial charge in [0.1, 0.15) is 0 Å². The third kappa shape index (κ3) is 4.46. The largest absolute Gasteiger partial charge is 0.359 e. The molecule has 1 amide bonds. The summed E-state index contributed by atoms with van der Waals surface area (Å²) in [5.74, 6) is -0.104.